The first-order chi connectivity index (χ1) is 9.34. The number of aryl methyl sites for hydroxylation is 1. The van der Waals surface area contributed by atoms with Crippen LogP contribution in [0.1, 0.15) is 42.1 Å². The van der Waals surface area contributed by atoms with Crippen LogP contribution in [-0.4, -0.2) is 26.6 Å². The SMILES string of the molecule is Cc1cn[nH]c1[C@H]1CCCCN1Cc1ccncc1. The van der Waals surface area contributed by atoms with Crippen LogP contribution in [0.3, 0.4) is 0 Å². The molecule has 0 spiro atoms. The molecule has 1 atom stereocenters. The molecule has 1 saturated heterocycles. The Labute approximate surface area is 113 Å². The quantitative estimate of drug-likeness (QED) is 0.918. The van der Waals surface area contributed by atoms with Crippen LogP contribution in [-0.2, 0) is 6.54 Å². The average Bonchev–Trinajstić information content (AvgIpc) is 2.87. The van der Waals surface area contributed by atoms with E-state index in [-0.39, 0.29) is 0 Å². The average molecular weight is 256 g/mol. The molecule has 0 aromatic carbocycles. The highest BCUT2D eigenvalue weighted by Gasteiger charge is 2.26. The summed E-state index contributed by atoms with van der Waals surface area (Å²) in [4.78, 5) is 6.64. The second kappa shape index (κ2) is 5.53. The summed E-state index contributed by atoms with van der Waals surface area (Å²) < 4.78 is 0. The van der Waals surface area contributed by atoms with E-state index in [1.165, 1.54) is 36.1 Å². The molecule has 1 fully saturated rings. The molecule has 0 radical (unpaired) electrons. The van der Waals surface area contributed by atoms with Crippen LogP contribution in [0, 0.1) is 6.92 Å². The van der Waals surface area contributed by atoms with Gasteiger partial charge in [0.25, 0.3) is 0 Å². The molecule has 2 aromatic heterocycles. The fourth-order valence-electron chi connectivity index (χ4n) is 2.92. The third-order valence-corrected chi connectivity index (χ3v) is 3.95. The van der Waals surface area contributed by atoms with Crippen molar-refractivity contribution in [2.45, 2.75) is 38.8 Å². The molecule has 0 unspecified atom stereocenters. The lowest BCUT2D eigenvalue weighted by Gasteiger charge is -2.35. The van der Waals surface area contributed by atoms with Gasteiger partial charge >= 0.3 is 0 Å². The number of piperidine rings is 1. The van der Waals surface area contributed by atoms with E-state index in [0.29, 0.717) is 6.04 Å². The predicted octanol–water partition coefficient (Wildman–Crippen LogP) is 2.84. The Balaban J connectivity index is 1.80. The number of hydrogen-bond acceptors (Lipinski definition) is 3. The summed E-state index contributed by atoms with van der Waals surface area (Å²) in [6.07, 6.45) is 9.47. The first-order valence-electron chi connectivity index (χ1n) is 6.97. The van der Waals surface area contributed by atoms with Gasteiger partial charge in [0, 0.05) is 18.9 Å². The molecular weight excluding hydrogens is 236 g/mol. The summed E-state index contributed by atoms with van der Waals surface area (Å²) in [5.74, 6) is 0. The minimum atomic E-state index is 0.476. The Hall–Kier alpha value is -1.68. The van der Waals surface area contributed by atoms with E-state index in [9.17, 15) is 0 Å². The van der Waals surface area contributed by atoms with Crippen LogP contribution < -0.4 is 0 Å². The number of H-pyrrole nitrogens is 1. The zero-order valence-corrected chi connectivity index (χ0v) is 11.3. The summed E-state index contributed by atoms with van der Waals surface area (Å²) in [7, 11) is 0. The topological polar surface area (TPSA) is 44.8 Å². The third-order valence-electron chi connectivity index (χ3n) is 3.95. The van der Waals surface area contributed by atoms with Gasteiger partial charge in [-0.15, -0.1) is 0 Å². The maximum atomic E-state index is 4.18. The van der Waals surface area contributed by atoms with E-state index < -0.39 is 0 Å². The highest BCUT2D eigenvalue weighted by molar-refractivity contribution is 5.19. The number of aromatic nitrogens is 3. The molecule has 2 aromatic rings. The van der Waals surface area contributed by atoms with E-state index in [1.807, 2.05) is 18.6 Å². The van der Waals surface area contributed by atoms with Crippen LogP contribution in [0.4, 0.5) is 0 Å². The van der Waals surface area contributed by atoms with Crippen molar-refractivity contribution in [3.8, 4) is 0 Å². The van der Waals surface area contributed by atoms with Crippen molar-refractivity contribution < 1.29 is 0 Å². The third kappa shape index (κ3) is 2.68. The molecule has 4 nitrogen and oxygen atoms in total. The van der Waals surface area contributed by atoms with Crippen molar-refractivity contribution >= 4 is 0 Å². The lowest BCUT2D eigenvalue weighted by atomic mass is 9.97. The first-order valence-corrected chi connectivity index (χ1v) is 6.97. The smallest absolute Gasteiger partial charge is 0.0553 e. The van der Waals surface area contributed by atoms with Crippen LogP contribution in [0.2, 0.25) is 0 Å². The number of aromatic amines is 1. The normalized spacial score (nSPS) is 20.6. The summed E-state index contributed by atoms with van der Waals surface area (Å²) in [6, 6.07) is 4.68. The van der Waals surface area contributed by atoms with Gasteiger partial charge in [0.15, 0.2) is 0 Å². The Morgan fingerprint density at radius 3 is 2.89 bits per heavy atom. The monoisotopic (exact) mass is 256 g/mol. The second-order valence-corrected chi connectivity index (χ2v) is 5.30. The van der Waals surface area contributed by atoms with Gasteiger partial charge in [0.2, 0.25) is 0 Å². The van der Waals surface area contributed by atoms with E-state index in [1.54, 1.807) is 0 Å². The van der Waals surface area contributed by atoms with E-state index >= 15 is 0 Å². The Morgan fingerprint density at radius 2 is 2.16 bits per heavy atom. The maximum absolute atomic E-state index is 4.18. The molecule has 0 amide bonds. The number of hydrogen-bond donors (Lipinski definition) is 1. The van der Waals surface area contributed by atoms with Crippen LogP contribution in [0.5, 0.6) is 0 Å². The van der Waals surface area contributed by atoms with Gasteiger partial charge in [-0.1, -0.05) is 6.42 Å². The zero-order chi connectivity index (χ0) is 13.1. The maximum Gasteiger partial charge on any atom is 0.0553 e. The summed E-state index contributed by atoms with van der Waals surface area (Å²) in [6.45, 7) is 4.29. The van der Waals surface area contributed by atoms with Gasteiger partial charge < -0.3 is 0 Å². The summed E-state index contributed by atoms with van der Waals surface area (Å²) in [5, 5.41) is 7.36. The first kappa shape index (κ1) is 12.4. The van der Waals surface area contributed by atoms with Gasteiger partial charge in [-0.05, 0) is 49.6 Å². The fraction of sp³-hybridized carbons (Fsp3) is 0.467. The molecule has 0 saturated carbocycles. The van der Waals surface area contributed by atoms with E-state index in [0.717, 1.165) is 13.1 Å². The number of nitrogens with one attached hydrogen (secondary N) is 1. The zero-order valence-electron chi connectivity index (χ0n) is 11.3. The minimum Gasteiger partial charge on any atom is -0.291 e. The highest BCUT2D eigenvalue weighted by atomic mass is 15.2. The molecule has 3 rings (SSSR count). The molecule has 0 aliphatic carbocycles. The summed E-state index contributed by atoms with van der Waals surface area (Å²) in [5.41, 5.74) is 3.89. The van der Waals surface area contributed by atoms with Crippen LogP contribution in [0.15, 0.2) is 30.7 Å². The Bertz CT molecular complexity index is 520. The Kier molecular flexibility index (Phi) is 3.60. The van der Waals surface area contributed by atoms with Crippen molar-refractivity contribution in [1.82, 2.24) is 20.1 Å². The van der Waals surface area contributed by atoms with Crippen molar-refractivity contribution in [3.63, 3.8) is 0 Å². The lowest BCUT2D eigenvalue weighted by molar-refractivity contribution is 0.136. The predicted molar refractivity (Wildman–Crippen MR) is 74.6 cm³/mol. The molecule has 4 heteroatoms. The van der Waals surface area contributed by atoms with Crippen LogP contribution >= 0.6 is 0 Å². The van der Waals surface area contributed by atoms with Crippen molar-refractivity contribution in [2.24, 2.45) is 0 Å². The molecule has 1 N–H and O–H groups in total. The number of likely N-dealkylation sites (tertiary alicyclic amines) is 1. The van der Waals surface area contributed by atoms with Gasteiger partial charge in [-0.2, -0.15) is 5.10 Å². The number of nitrogens with zero attached hydrogens (tertiary/aromatic N) is 3. The van der Waals surface area contributed by atoms with E-state index in [2.05, 4.69) is 39.1 Å². The minimum absolute atomic E-state index is 0.476. The van der Waals surface area contributed by atoms with Crippen molar-refractivity contribution in [1.29, 1.82) is 0 Å². The molecule has 1 aliphatic rings. The molecule has 1 aliphatic heterocycles. The van der Waals surface area contributed by atoms with Crippen molar-refractivity contribution in [3.05, 3.63) is 47.5 Å². The molecular formula is C15H20N4. The molecule has 3 heterocycles. The van der Waals surface area contributed by atoms with Crippen LogP contribution in [0.25, 0.3) is 0 Å². The number of pyridine rings is 1. The van der Waals surface area contributed by atoms with E-state index in [4.69, 9.17) is 0 Å². The fourth-order valence-corrected chi connectivity index (χ4v) is 2.92. The number of rotatable bonds is 3. The largest absolute Gasteiger partial charge is 0.291 e. The molecule has 0 bridgehead atoms. The molecule has 100 valence electrons. The van der Waals surface area contributed by atoms with Gasteiger partial charge in [0.1, 0.15) is 0 Å². The molecule has 19 heavy (non-hydrogen) atoms. The summed E-state index contributed by atoms with van der Waals surface area (Å²) >= 11 is 0. The van der Waals surface area contributed by atoms with Gasteiger partial charge in [-0.25, -0.2) is 0 Å². The standard InChI is InChI=1S/C15H20N4/c1-12-10-17-18-15(12)14-4-2-3-9-19(14)11-13-5-7-16-8-6-13/h5-8,10,14H,2-4,9,11H2,1H3,(H,17,18)/t14-/m1/s1. The Morgan fingerprint density at radius 1 is 1.32 bits per heavy atom. The van der Waals surface area contributed by atoms with Gasteiger partial charge in [-0.3, -0.25) is 15.0 Å². The van der Waals surface area contributed by atoms with Gasteiger partial charge in [0.05, 0.1) is 17.9 Å². The highest BCUT2D eigenvalue weighted by Crippen LogP contribution is 2.32. The second-order valence-electron chi connectivity index (χ2n) is 5.30. The lowest BCUT2D eigenvalue weighted by Crippen LogP contribution is -2.33. The van der Waals surface area contributed by atoms with Crippen molar-refractivity contribution in [2.75, 3.05) is 6.54 Å².